The molecule has 1 saturated heterocycles. The molecule has 2 amide bonds. The summed E-state index contributed by atoms with van der Waals surface area (Å²) in [4.78, 5) is 18.7. The van der Waals surface area contributed by atoms with Crippen molar-refractivity contribution in [1.29, 1.82) is 0 Å². The maximum absolute atomic E-state index is 12.5. The number of nitrogens with one attached hydrogen (secondary N) is 1. The van der Waals surface area contributed by atoms with E-state index in [4.69, 9.17) is 4.74 Å². The fourth-order valence-corrected chi connectivity index (χ4v) is 3.03. The molecule has 1 fully saturated rings. The zero-order valence-corrected chi connectivity index (χ0v) is 15.6. The summed E-state index contributed by atoms with van der Waals surface area (Å²) in [6.07, 6.45) is 0. The molecule has 26 heavy (non-hydrogen) atoms. The minimum atomic E-state index is -0.0686. The van der Waals surface area contributed by atoms with Gasteiger partial charge in [0.1, 0.15) is 5.75 Å². The summed E-state index contributed by atoms with van der Waals surface area (Å²) in [5.41, 5.74) is 3.13. The molecule has 0 radical (unpaired) electrons. The second-order valence-electron chi connectivity index (χ2n) is 6.55. The minimum Gasteiger partial charge on any atom is -0.497 e. The average molecular weight is 354 g/mol. The van der Waals surface area contributed by atoms with E-state index in [2.05, 4.69) is 39.4 Å². The molecule has 1 heterocycles. The Balaban J connectivity index is 1.55. The molecule has 0 aliphatic carbocycles. The molecule has 0 aromatic heterocycles. The summed E-state index contributed by atoms with van der Waals surface area (Å²) in [6, 6.07) is 15.9. The summed E-state index contributed by atoms with van der Waals surface area (Å²) < 4.78 is 5.19. The number of hydrogen-bond acceptors (Lipinski definition) is 4. The average Bonchev–Trinajstić information content (AvgIpc) is 2.68. The second kappa shape index (κ2) is 7.99. The maximum atomic E-state index is 12.5. The number of rotatable bonds is 4. The Morgan fingerprint density at radius 2 is 1.73 bits per heavy atom. The molecule has 0 bridgehead atoms. The molecule has 0 spiro atoms. The number of carbonyl (C=O) groups is 1. The summed E-state index contributed by atoms with van der Waals surface area (Å²) in [7, 11) is 5.69. The molecular formula is C20H26N4O2. The van der Waals surface area contributed by atoms with E-state index in [1.54, 1.807) is 7.11 Å². The molecular weight excluding hydrogens is 328 g/mol. The Bertz CT molecular complexity index is 738. The Morgan fingerprint density at radius 1 is 1.04 bits per heavy atom. The largest absolute Gasteiger partial charge is 0.497 e. The SMILES string of the molecule is COc1cccc(NC(=O)N2CCN(c3ccc(N(C)C)cc3)CC2)c1. The predicted octanol–water partition coefficient (Wildman–Crippen LogP) is 3.12. The number of piperazine rings is 1. The van der Waals surface area contributed by atoms with Gasteiger partial charge in [0.2, 0.25) is 0 Å². The van der Waals surface area contributed by atoms with E-state index in [9.17, 15) is 4.79 Å². The van der Waals surface area contributed by atoms with Crippen LogP contribution in [0, 0.1) is 0 Å². The zero-order chi connectivity index (χ0) is 18.5. The Kier molecular flexibility index (Phi) is 5.51. The second-order valence-corrected chi connectivity index (χ2v) is 6.55. The van der Waals surface area contributed by atoms with Crippen molar-refractivity contribution in [2.75, 3.05) is 62.5 Å². The zero-order valence-electron chi connectivity index (χ0n) is 15.6. The van der Waals surface area contributed by atoms with E-state index < -0.39 is 0 Å². The fraction of sp³-hybridized carbons (Fsp3) is 0.350. The third kappa shape index (κ3) is 4.20. The first-order valence-corrected chi connectivity index (χ1v) is 8.79. The molecule has 0 saturated carbocycles. The number of hydrogen-bond donors (Lipinski definition) is 1. The number of methoxy groups -OCH3 is 1. The van der Waals surface area contributed by atoms with Crippen molar-refractivity contribution >= 4 is 23.1 Å². The van der Waals surface area contributed by atoms with Gasteiger partial charge < -0.3 is 24.8 Å². The standard InChI is InChI=1S/C20H26N4O2/c1-22(2)17-7-9-18(10-8-17)23-11-13-24(14-12-23)20(25)21-16-5-4-6-19(15-16)26-3/h4-10,15H,11-14H2,1-3H3,(H,21,25). The number of nitrogens with zero attached hydrogens (tertiary/aromatic N) is 3. The van der Waals surface area contributed by atoms with Crippen LogP contribution in [-0.4, -0.2) is 58.3 Å². The van der Waals surface area contributed by atoms with Crippen molar-refractivity contribution in [2.24, 2.45) is 0 Å². The third-order valence-electron chi connectivity index (χ3n) is 4.62. The van der Waals surface area contributed by atoms with Crippen LogP contribution in [0.15, 0.2) is 48.5 Å². The summed E-state index contributed by atoms with van der Waals surface area (Å²) >= 11 is 0. The lowest BCUT2D eigenvalue weighted by molar-refractivity contribution is 0.208. The van der Waals surface area contributed by atoms with Gasteiger partial charge in [0.05, 0.1) is 7.11 Å². The van der Waals surface area contributed by atoms with E-state index in [0.29, 0.717) is 13.1 Å². The molecule has 1 aliphatic rings. The van der Waals surface area contributed by atoms with Crippen LogP contribution in [0.25, 0.3) is 0 Å². The van der Waals surface area contributed by atoms with Crippen LogP contribution in [0.4, 0.5) is 21.9 Å². The van der Waals surface area contributed by atoms with Crippen molar-refractivity contribution in [3.05, 3.63) is 48.5 Å². The fourth-order valence-electron chi connectivity index (χ4n) is 3.03. The first-order valence-electron chi connectivity index (χ1n) is 8.79. The van der Waals surface area contributed by atoms with Gasteiger partial charge in [-0.15, -0.1) is 0 Å². The van der Waals surface area contributed by atoms with Crippen LogP contribution in [-0.2, 0) is 0 Å². The molecule has 0 atom stereocenters. The van der Waals surface area contributed by atoms with Gasteiger partial charge in [0.15, 0.2) is 0 Å². The van der Waals surface area contributed by atoms with Crippen molar-refractivity contribution in [2.45, 2.75) is 0 Å². The quantitative estimate of drug-likeness (QED) is 0.916. The molecule has 138 valence electrons. The summed E-state index contributed by atoms with van der Waals surface area (Å²) in [6.45, 7) is 3.05. The van der Waals surface area contributed by atoms with Crippen molar-refractivity contribution in [1.82, 2.24) is 4.90 Å². The first-order chi connectivity index (χ1) is 12.6. The number of amides is 2. The van der Waals surface area contributed by atoms with Crippen LogP contribution < -0.4 is 19.9 Å². The van der Waals surface area contributed by atoms with Crippen molar-refractivity contribution < 1.29 is 9.53 Å². The summed E-state index contributed by atoms with van der Waals surface area (Å²) in [5, 5.41) is 2.94. The van der Waals surface area contributed by atoms with Crippen LogP contribution in [0.5, 0.6) is 5.75 Å². The Morgan fingerprint density at radius 3 is 2.35 bits per heavy atom. The highest BCUT2D eigenvalue weighted by Crippen LogP contribution is 2.21. The lowest BCUT2D eigenvalue weighted by Gasteiger charge is -2.36. The van der Waals surface area contributed by atoms with E-state index in [-0.39, 0.29) is 6.03 Å². The number of ether oxygens (including phenoxy) is 1. The predicted molar refractivity (Wildman–Crippen MR) is 107 cm³/mol. The van der Waals surface area contributed by atoms with Gasteiger partial charge >= 0.3 is 6.03 Å². The van der Waals surface area contributed by atoms with Crippen LogP contribution >= 0.6 is 0 Å². The first kappa shape index (κ1) is 17.9. The lowest BCUT2D eigenvalue weighted by Crippen LogP contribution is -2.50. The Labute approximate surface area is 155 Å². The normalized spacial score (nSPS) is 14.1. The molecule has 6 heteroatoms. The molecule has 2 aromatic rings. The number of anilines is 3. The van der Waals surface area contributed by atoms with Crippen molar-refractivity contribution in [3.63, 3.8) is 0 Å². The number of urea groups is 1. The van der Waals surface area contributed by atoms with Crippen LogP contribution in [0.2, 0.25) is 0 Å². The van der Waals surface area contributed by atoms with Crippen LogP contribution in [0.1, 0.15) is 0 Å². The monoisotopic (exact) mass is 354 g/mol. The molecule has 1 N–H and O–H groups in total. The van der Waals surface area contributed by atoms with Gasteiger partial charge in [-0.2, -0.15) is 0 Å². The van der Waals surface area contributed by atoms with Crippen LogP contribution in [0.3, 0.4) is 0 Å². The number of carbonyl (C=O) groups excluding carboxylic acids is 1. The van der Waals surface area contributed by atoms with E-state index in [1.807, 2.05) is 43.3 Å². The van der Waals surface area contributed by atoms with Crippen molar-refractivity contribution in [3.8, 4) is 5.75 Å². The molecule has 6 nitrogen and oxygen atoms in total. The highest BCUT2D eigenvalue weighted by molar-refractivity contribution is 5.89. The van der Waals surface area contributed by atoms with Gasteiger partial charge in [0.25, 0.3) is 0 Å². The lowest BCUT2D eigenvalue weighted by atomic mass is 10.2. The maximum Gasteiger partial charge on any atom is 0.321 e. The van der Waals surface area contributed by atoms with E-state index >= 15 is 0 Å². The van der Waals surface area contributed by atoms with Gasteiger partial charge in [-0.05, 0) is 36.4 Å². The Hall–Kier alpha value is -2.89. The van der Waals surface area contributed by atoms with Gasteiger partial charge in [-0.1, -0.05) is 6.07 Å². The highest BCUT2D eigenvalue weighted by atomic mass is 16.5. The smallest absolute Gasteiger partial charge is 0.321 e. The van der Waals surface area contributed by atoms with Gasteiger partial charge in [-0.3, -0.25) is 0 Å². The highest BCUT2D eigenvalue weighted by Gasteiger charge is 2.21. The third-order valence-corrected chi connectivity index (χ3v) is 4.62. The molecule has 3 rings (SSSR count). The molecule has 2 aromatic carbocycles. The van der Waals surface area contributed by atoms with Gasteiger partial charge in [0, 0.05) is 63.4 Å². The van der Waals surface area contributed by atoms with E-state index in [1.165, 1.54) is 11.4 Å². The van der Waals surface area contributed by atoms with Gasteiger partial charge in [-0.25, -0.2) is 4.79 Å². The molecule has 1 aliphatic heterocycles. The molecule has 0 unspecified atom stereocenters. The minimum absolute atomic E-state index is 0.0686. The summed E-state index contributed by atoms with van der Waals surface area (Å²) in [5.74, 6) is 0.730. The van der Waals surface area contributed by atoms with E-state index in [0.717, 1.165) is 24.5 Å². The number of benzene rings is 2. The topological polar surface area (TPSA) is 48.1 Å².